The van der Waals surface area contributed by atoms with Crippen LogP contribution in [0.5, 0.6) is 0 Å². The van der Waals surface area contributed by atoms with Gasteiger partial charge in [0.1, 0.15) is 11.4 Å². The van der Waals surface area contributed by atoms with Crippen molar-refractivity contribution in [2.75, 3.05) is 12.3 Å². The fraction of sp³-hybridized carbons (Fsp3) is 0.750. The summed E-state index contributed by atoms with van der Waals surface area (Å²) in [5.41, 5.74) is 5.02. The molecule has 0 aliphatic rings. The molecule has 96 valence electrons. The molecule has 0 bridgehead atoms. The van der Waals surface area contributed by atoms with Crippen molar-refractivity contribution >= 4 is 5.95 Å². The summed E-state index contributed by atoms with van der Waals surface area (Å²) in [4.78, 5) is 12.8. The highest BCUT2D eigenvalue weighted by atomic mass is 16.5. The Kier molecular flexibility index (Phi) is 3.71. The Labute approximate surface area is 103 Å². The van der Waals surface area contributed by atoms with E-state index in [4.69, 9.17) is 10.5 Å². The van der Waals surface area contributed by atoms with Crippen molar-refractivity contribution in [1.29, 1.82) is 0 Å². The number of hydrogen-bond acceptors (Lipinski definition) is 5. The quantitative estimate of drug-likeness (QED) is 0.872. The van der Waals surface area contributed by atoms with Gasteiger partial charge in [0.2, 0.25) is 5.95 Å². The zero-order valence-electron chi connectivity index (χ0n) is 11.5. The zero-order valence-corrected chi connectivity index (χ0v) is 11.5. The minimum absolute atomic E-state index is 0.159. The third kappa shape index (κ3) is 3.36. The second-order valence-electron chi connectivity index (χ2n) is 5.53. The van der Waals surface area contributed by atoms with Crippen molar-refractivity contribution in [3.05, 3.63) is 11.6 Å². The normalized spacial score (nSPS) is 12.8. The van der Waals surface area contributed by atoms with Crippen LogP contribution in [-0.4, -0.2) is 21.6 Å². The van der Waals surface area contributed by atoms with Crippen LogP contribution < -0.4 is 5.73 Å². The first-order valence-corrected chi connectivity index (χ1v) is 5.83. The predicted octanol–water partition coefficient (Wildman–Crippen LogP) is 2.02. The van der Waals surface area contributed by atoms with Crippen molar-refractivity contribution in [2.24, 2.45) is 0 Å². The number of nitrogens with two attached hydrogens (primary N) is 1. The molecule has 0 aliphatic carbocycles. The van der Waals surface area contributed by atoms with Gasteiger partial charge in [-0.2, -0.15) is 9.97 Å². The van der Waals surface area contributed by atoms with Crippen molar-refractivity contribution in [1.82, 2.24) is 15.0 Å². The lowest BCUT2D eigenvalue weighted by Gasteiger charge is -2.25. The van der Waals surface area contributed by atoms with Crippen molar-refractivity contribution in [3.8, 4) is 0 Å². The van der Waals surface area contributed by atoms with E-state index in [-0.39, 0.29) is 11.4 Å². The molecule has 0 amide bonds. The first-order valence-electron chi connectivity index (χ1n) is 5.83. The predicted molar refractivity (Wildman–Crippen MR) is 67.6 cm³/mol. The lowest BCUT2D eigenvalue weighted by Crippen LogP contribution is -2.28. The third-order valence-electron chi connectivity index (χ3n) is 2.37. The Morgan fingerprint density at radius 3 is 2.00 bits per heavy atom. The molecule has 1 heterocycles. The standard InChI is InChI=1S/C12H22N4O/c1-7-17-12(5,6)9-14-8(11(2,3)4)15-10(13)16-9/h7H2,1-6H3,(H2,13,14,15,16). The number of anilines is 1. The Balaban J connectivity index is 3.23. The minimum atomic E-state index is -0.550. The van der Waals surface area contributed by atoms with Crippen LogP contribution in [0.3, 0.4) is 0 Å². The summed E-state index contributed by atoms with van der Waals surface area (Å²) in [5, 5.41) is 0. The molecule has 0 radical (unpaired) electrons. The molecule has 0 fully saturated rings. The molecule has 1 rings (SSSR count). The number of nitrogen functional groups attached to an aromatic ring is 1. The van der Waals surface area contributed by atoms with Crippen LogP contribution in [0, 0.1) is 0 Å². The van der Waals surface area contributed by atoms with Crippen LogP contribution in [0.4, 0.5) is 5.95 Å². The van der Waals surface area contributed by atoms with E-state index in [0.717, 1.165) is 0 Å². The van der Waals surface area contributed by atoms with Gasteiger partial charge in [-0.1, -0.05) is 20.8 Å². The van der Waals surface area contributed by atoms with Gasteiger partial charge < -0.3 is 10.5 Å². The molecule has 0 saturated carbocycles. The third-order valence-corrected chi connectivity index (χ3v) is 2.37. The highest BCUT2D eigenvalue weighted by Gasteiger charge is 2.28. The van der Waals surface area contributed by atoms with Gasteiger partial charge in [0.05, 0.1) is 0 Å². The molecular formula is C12H22N4O. The van der Waals surface area contributed by atoms with Crippen LogP contribution in [0.15, 0.2) is 0 Å². The molecule has 0 saturated heterocycles. The second kappa shape index (κ2) is 4.56. The van der Waals surface area contributed by atoms with E-state index < -0.39 is 5.60 Å². The second-order valence-corrected chi connectivity index (χ2v) is 5.53. The number of ether oxygens (including phenoxy) is 1. The number of hydrogen-bond donors (Lipinski definition) is 1. The number of rotatable bonds is 3. The molecule has 17 heavy (non-hydrogen) atoms. The fourth-order valence-electron chi connectivity index (χ4n) is 1.42. The van der Waals surface area contributed by atoms with Gasteiger partial charge in [0.25, 0.3) is 0 Å². The summed E-state index contributed by atoms with van der Waals surface area (Å²) in [6, 6.07) is 0. The van der Waals surface area contributed by atoms with E-state index in [1.165, 1.54) is 0 Å². The van der Waals surface area contributed by atoms with Crippen LogP contribution >= 0.6 is 0 Å². The van der Waals surface area contributed by atoms with Gasteiger partial charge in [-0.05, 0) is 20.8 Å². The maximum Gasteiger partial charge on any atom is 0.223 e. The molecule has 2 N–H and O–H groups in total. The summed E-state index contributed by atoms with van der Waals surface area (Å²) in [6.45, 7) is 12.5. The topological polar surface area (TPSA) is 73.9 Å². The lowest BCUT2D eigenvalue weighted by atomic mass is 9.95. The van der Waals surface area contributed by atoms with Crippen LogP contribution in [0.25, 0.3) is 0 Å². The summed E-state index contributed by atoms with van der Waals surface area (Å²) < 4.78 is 5.63. The van der Waals surface area contributed by atoms with Gasteiger partial charge in [0, 0.05) is 12.0 Å². The van der Waals surface area contributed by atoms with E-state index in [2.05, 4.69) is 15.0 Å². The smallest absolute Gasteiger partial charge is 0.223 e. The van der Waals surface area contributed by atoms with Gasteiger partial charge in [-0.3, -0.25) is 0 Å². The molecule has 0 unspecified atom stereocenters. The van der Waals surface area contributed by atoms with Gasteiger partial charge in [0.15, 0.2) is 5.82 Å². The summed E-state index contributed by atoms with van der Waals surface area (Å²) in [7, 11) is 0. The summed E-state index contributed by atoms with van der Waals surface area (Å²) in [6.07, 6.45) is 0. The van der Waals surface area contributed by atoms with Crippen LogP contribution in [-0.2, 0) is 15.8 Å². The molecule has 1 aromatic heterocycles. The minimum Gasteiger partial charge on any atom is -0.368 e. The average molecular weight is 238 g/mol. The summed E-state index contributed by atoms with van der Waals surface area (Å²) >= 11 is 0. The molecule has 0 aliphatic heterocycles. The van der Waals surface area contributed by atoms with E-state index in [0.29, 0.717) is 18.3 Å². The Morgan fingerprint density at radius 2 is 1.53 bits per heavy atom. The Hall–Kier alpha value is -1.23. The van der Waals surface area contributed by atoms with Gasteiger partial charge in [-0.15, -0.1) is 0 Å². The SMILES string of the molecule is CCOC(C)(C)c1nc(N)nc(C(C)(C)C)n1. The van der Waals surface area contributed by atoms with E-state index in [9.17, 15) is 0 Å². The van der Waals surface area contributed by atoms with Crippen LogP contribution in [0.2, 0.25) is 0 Å². The highest BCUT2D eigenvalue weighted by Crippen LogP contribution is 2.25. The zero-order chi connectivity index (χ0) is 13.3. The molecular weight excluding hydrogens is 216 g/mol. The molecule has 5 heteroatoms. The van der Waals surface area contributed by atoms with Crippen molar-refractivity contribution in [2.45, 2.75) is 52.6 Å². The summed E-state index contributed by atoms with van der Waals surface area (Å²) in [5.74, 6) is 1.51. The molecule has 5 nitrogen and oxygen atoms in total. The van der Waals surface area contributed by atoms with E-state index in [1.807, 2.05) is 41.5 Å². The maximum absolute atomic E-state index is 5.73. The highest BCUT2D eigenvalue weighted by molar-refractivity contribution is 5.20. The first-order chi connectivity index (χ1) is 7.66. The van der Waals surface area contributed by atoms with Gasteiger partial charge >= 0.3 is 0 Å². The lowest BCUT2D eigenvalue weighted by molar-refractivity contribution is -0.0211. The van der Waals surface area contributed by atoms with E-state index in [1.54, 1.807) is 0 Å². The Morgan fingerprint density at radius 1 is 1.00 bits per heavy atom. The molecule has 0 spiro atoms. The average Bonchev–Trinajstić information content (AvgIpc) is 2.15. The number of aromatic nitrogens is 3. The maximum atomic E-state index is 5.73. The van der Waals surface area contributed by atoms with E-state index >= 15 is 0 Å². The van der Waals surface area contributed by atoms with Crippen molar-refractivity contribution < 1.29 is 4.74 Å². The Bertz CT molecular complexity index is 396. The van der Waals surface area contributed by atoms with Crippen LogP contribution in [0.1, 0.15) is 53.2 Å². The molecule has 1 aromatic rings. The van der Waals surface area contributed by atoms with Gasteiger partial charge in [-0.25, -0.2) is 4.98 Å². The van der Waals surface area contributed by atoms with Crippen molar-refractivity contribution in [3.63, 3.8) is 0 Å². The fourth-order valence-corrected chi connectivity index (χ4v) is 1.42. The molecule has 0 atom stereocenters. The molecule has 0 aromatic carbocycles. The monoisotopic (exact) mass is 238 g/mol. The number of nitrogens with zero attached hydrogens (tertiary/aromatic N) is 3. The first kappa shape index (κ1) is 13.8. The largest absolute Gasteiger partial charge is 0.368 e.